The largest absolute Gasteiger partial charge is 0.307 e. The Morgan fingerprint density at radius 3 is 2.57 bits per heavy atom. The Kier molecular flexibility index (Phi) is 1.15. The van der Waals surface area contributed by atoms with Crippen LogP contribution < -0.4 is 4.99 Å². The zero-order valence-electron chi connectivity index (χ0n) is 4.09. The van der Waals surface area contributed by atoms with E-state index in [0.717, 1.165) is 17.2 Å². The first-order valence-electron chi connectivity index (χ1n) is 2.25. The van der Waals surface area contributed by atoms with Crippen LogP contribution in [0.15, 0.2) is 10.7 Å². The molecule has 0 unspecified atom stereocenters. The lowest BCUT2D eigenvalue weighted by molar-refractivity contribution is -0.391. The van der Waals surface area contributed by atoms with Crippen molar-refractivity contribution in [2.24, 2.45) is 0 Å². The van der Waals surface area contributed by atoms with Crippen molar-refractivity contribution in [3.05, 3.63) is 10.7 Å². The zero-order chi connectivity index (χ0) is 5.28. The van der Waals surface area contributed by atoms with E-state index in [0.29, 0.717) is 0 Å². The van der Waals surface area contributed by atoms with Crippen molar-refractivity contribution in [3.63, 3.8) is 0 Å². The molecule has 2 heteroatoms. The number of nitrogens with one attached hydrogen (secondary N) is 1. The number of hydrogen-bond acceptors (Lipinski definition) is 0. The molecular weight excluding hydrogens is 110 g/mol. The fourth-order valence-electron chi connectivity index (χ4n) is 0.442. The Labute approximate surface area is 47.7 Å². The number of allylic oxidation sites excluding steroid dienone is 1. The van der Waals surface area contributed by atoms with Crippen LogP contribution >= 0.6 is 11.6 Å². The molecule has 0 aromatic carbocycles. The van der Waals surface area contributed by atoms with Gasteiger partial charge in [-0.3, -0.25) is 0 Å². The molecule has 1 nitrogen and oxygen atoms in total. The van der Waals surface area contributed by atoms with Gasteiger partial charge in [-0.05, 0) is 12.0 Å². The van der Waals surface area contributed by atoms with Crippen molar-refractivity contribution in [2.45, 2.75) is 13.3 Å². The average molecular weight is 116 g/mol. The topological polar surface area (TPSA) is 14.0 Å². The summed E-state index contributed by atoms with van der Waals surface area (Å²) >= 11 is 5.52. The molecule has 0 aliphatic carbocycles. The Bertz CT molecular complexity index is 135. The SMILES string of the molecule is CCC1=C(Cl)[NH+]=[C-]1. The average Bonchev–Trinajstić information content (AvgIpc) is 1.65. The lowest BCUT2D eigenvalue weighted by atomic mass is 10.2. The molecule has 0 amide bonds. The molecule has 0 fully saturated rings. The third-order valence-corrected chi connectivity index (χ3v) is 1.26. The van der Waals surface area contributed by atoms with Gasteiger partial charge in [0.1, 0.15) is 6.21 Å². The minimum atomic E-state index is 0.752. The monoisotopic (exact) mass is 115 g/mol. The van der Waals surface area contributed by atoms with E-state index in [1.54, 1.807) is 0 Å². The summed E-state index contributed by atoms with van der Waals surface area (Å²) in [4.78, 5) is 2.70. The smallest absolute Gasteiger partial charge is 0.173 e. The second-order valence-corrected chi connectivity index (χ2v) is 1.77. The molecule has 1 rings (SSSR count). The second-order valence-electron chi connectivity index (χ2n) is 1.40. The first kappa shape index (κ1) is 4.85. The first-order valence-corrected chi connectivity index (χ1v) is 2.63. The molecule has 38 valence electrons. The molecule has 0 aromatic heterocycles. The van der Waals surface area contributed by atoms with Gasteiger partial charge in [0.25, 0.3) is 0 Å². The van der Waals surface area contributed by atoms with E-state index in [-0.39, 0.29) is 0 Å². The van der Waals surface area contributed by atoms with Crippen molar-refractivity contribution in [1.82, 2.24) is 0 Å². The fourth-order valence-corrected chi connectivity index (χ4v) is 0.670. The highest BCUT2D eigenvalue weighted by atomic mass is 35.5. The molecule has 0 bridgehead atoms. The van der Waals surface area contributed by atoms with Crippen molar-refractivity contribution in [3.8, 4) is 0 Å². The van der Waals surface area contributed by atoms with E-state index in [1.165, 1.54) is 0 Å². The Hall–Kier alpha value is -0.300. The molecule has 0 atom stereocenters. The van der Waals surface area contributed by atoms with Gasteiger partial charge < -0.3 is 4.99 Å². The number of halogens is 1. The van der Waals surface area contributed by atoms with E-state index in [9.17, 15) is 0 Å². The molecular formula is C5H6ClN. The van der Waals surface area contributed by atoms with E-state index >= 15 is 0 Å². The second kappa shape index (κ2) is 1.66. The molecule has 0 saturated heterocycles. The van der Waals surface area contributed by atoms with Gasteiger partial charge in [-0.2, -0.15) is 0 Å². The highest BCUT2D eigenvalue weighted by Crippen LogP contribution is 2.05. The molecule has 1 heterocycles. The third kappa shape index (κ3) is 0.682. The van der Waals surface area contributed by atoms with Crippen LogP contribution in [-0.4, -0.2) is 6.21 Å². The van der Waals surface area contributed by atoms with Gasteiger partial charge in [-0.15, -0.1) is 0 Å². The van der Waals surface area contributed by atoms with E-state index in [1.807, 2.05) is 6.92 Å². The first-order chi connectivity index (χ1) is 3.34. The highest BCUT2D eigenvalue weighted by Gasteiger charge is 2.05. The summed E-state index contributed by atoms with van der Waals surface area (Å²) in [5, 5.41) is 0.752. The van der Waals surface area contributed by atoms with Crippen molar-refractivity contribution >= 4 is 17.8 Å². The molecule has 1 aliphatic heterocycles. The normalized spacial score (nSPS) is 17.4. The molecule has 1 N–H and O–H groups in total. The Balaban J connectivity index is 2.56. The minimum absolute atomic E-state index is 0.752. The predicted octanol–water partition coefficient (Wildman–Crippen LogP) is -0.111. The molecule has 1 aliphatic rings. The van der Waals surface area contributed by atoms with Crippen molar-refractivity contribution in [2.75, 3.05) is 0 Å². The van der Waals surface area contributed by atoms with Crippen molar-refractivity contribution in [1.29, 1.82) is 0 Å². The van der Waals surface area contributed by atoms with Crippen LogP contribution in [-0.2, 0) is 0 Å². The van der Waals surface area contributed by atoms with Crippen LogP contribution in [0.25, 0.3) is 0 Å². The third-order valence-electron chi connectivity index (χ3n) is 0.942. The van der Waals surface area contributed by atoms with E-state index in [4.69, 9.17) is 11.6 Å². The molecule has 0 spiro atoms. The van der Waals surface area contributed by atoms with Gasteiger partial charge in [-0.25, -0.2) is 0 Å². The summed E-state index contributed by atoms with van der Waals surface area (Å²) in [6.45, 7) is 2.05. The van der Waals surface area contributed by atoms with E-state index in [2.05, 4.69) is 11.2 Å². The van der Waals surface area contributed by atoms with E-state index < -0.39 is 0 Å². The molecule has 7 heavy (non-hydrogen) atoms. The summed E-state index contributed by atoms with van der Waals surface area (Å²) in [6.07, 6.45) is 3.82. The van der Waals surface area contributed by atoms with Crippen molar-refractivity contribution < 1.29 is 4.99 Å². The molecule has 0 aromatic rings. The lowest BCUT2D eigenvalue weighted by Gasteiger charge is -2.04. The summed E-state index contributed by atoms with van der Waals surface area (Å²) in [5.41, 5.74) is 1.10. The van der Waals surface area contributed by atoms with Gasteiger partial charge >= 0.3 is 0 Å². The summed E-state index contributed by atoms with van der Waals surface area (Å²) in [5.74, 6) is 0. The van der Waals surface area contributed by atoms with Crippen LogP contribution in [0, 0.1) is 0 Å². The Morgan fingerprint density at radius 1 is 1.86 bits per heavy atom. The van der Waals surface area contributed by atoms with Crippen LogP contribution in [0.1, 0.15) is 13.3 Å². The molecule has 0 saturated carbocycles. The summed E-state index contributed by atoms with van der Waals surface area (Å²) in [7, 11) is 0. The number of hydrogen-bond donors (Lipinski definition) is 1. The standard InChI is InChI=1S/C5H6ClN/c1-2-4-3-7-5(4)6/h7H,2H2,1H3. The van der Waals surface area contributed by atoms with Crippen LogP contribution in [0.3, 0.4) is 0 Å². The van der Waals surface area contributed by atoms with Crippen LogP contribution in [0.2, 0.25) is 0 Å². The molecule has 0 radical (unpaired) electrons. The highest BCUT2D eigenvalue weighted by molar-refractivity contribution is 6.30. The predicted molar refractivity (Wildman–Crippen MR) is 29.1 cm³/mol. The van der Waals surface area contributed by atoms with Crippen LogP contribution in [0.5, 0.6) is 0 Å². The summed E-state index contributed by atoms with van der Waals surface area (Å²) in [6, 6.07) is 0. The zero-order valence-corrected chi connectivity index (χ0v) is 4.84. The fraction of sp³-hybridized carbons (Fsp3) is 0.400. The maximum absolute atomic E-state index is 5.52. The lowest BCUT2D eigenvalue weighted by Crippen LogP contribution is -2.71. The summed E-state index contributed by atoms with van der Waals surface area (Å²) < 4.78 is 0. The van der Waals surface area contributed by atoms with Gasteiger partial charge in [0, 0.05) is 0 Å². The van der Waals surface area contributed by atoms with Gasteiger partial charge in [0.15, 0.2) is 5.16 Å². The maximum Gasteiger partial charge on any atom is 0.173 e. The van der Waals surface area contributed by atoms with Crippen LogP contribution in [0.4, 0.5) is 0 Å². The quantitative estimate of drug-likeness (QED) is 0.362. The van der Waals surface area contributed by atoms with Gasteiger partial charge in [-0.1, -0.05) is 18.5 Å². The maximum atomic E-state index is 5.52. The minimum Gasteiger partial charge on any atom is -0.307 e. The van der Waals surface area contributed by atoms with Gasteiger partial charge in [0.05, 0.1) is 0 Å². The Morgan fingerprint density at radius 2 is 2.57 bits per heavy atom. The van der Waals surface area contributed by atoms with Gasteiger partial charge in [0.2, 0.25) is 0 Å². The number of rotatable bonds is 1.